The molecule has 0 radical (unpaired) electrons. The van der Waals surface area contributed by atoms with E-state index in [4.69, 9.17) is 4.52 Å². The first kappa shape index (κ1) is 17.6. The van der Waals surface area contributed by atoms with Gasteiger partial charge in [0.2, 0.25) is 11.8 Å². The molecule has 1 saturated heterocycles. The van der Waals surface area contributed by atoms with Crippen LogP contribution < -0.4 is 0 Å². The van der Waals surface area contributed by atoms with Gasteiger partial charge >= 0.3 is 0 Å². The summed E-state index contributed by atoms with van der Waals surface area (Å²) >= 11 is 0. The summed E-state index contributed by atoms with van der Waals surface area (Å²) in [6.45, 7) is 7.85. The molecule has 2 aromatic rings. The fourth-order valence-electron chi connectivity index (χ4n) is 3.31. The van der Waals surface area contributed by atoms with Crippen molar-refractivity contribution in [3.8, 4) is 0 Å². The van der Waals surface area contributed by atoms with Crippen LogP contribution in [0.3, 0.4) is 0 Å². The molecule has 1 fully saturated rings. The molecule has 1 amide bonds. The number of hydrogen-bond donors (Lipinski definition) is 0. The van der Waals surface area contributed by atoms with Crippen LogP contribution in [0.1, 0.15) is 61.6 Å². The number of nitrogens with zero attached hydrogens (tertiary/aromatic N) is 5. The van der Waals surface area contributed by atoms with Gasteiger partial charge in [-0.1, -0.05) is 18.5 Å². The van der Waals surface area contributed by atoms with Crippen LogP contribution in [0.4, 0.5) is 0 Å². The first-order chi connectivity index (χ1) is 12.1. The van der Waals surface area contributed by atoms with Crippen LogP contribution >= 0.6 is 0 Å². The SMILES string of the molecule is CCCCc1noc(C2CCN(C(=O)Cn3nc(C)cc3C)CC2)n1. The van der Waals surface area contributed by atoms with Gasteiger partial charge < -0.3 is 9.42 Å². The first-order valence-electron chi connectivity index (χ1n) is 9.18. The summed E-state index contributed by atoms with van der Waals surface area (Å²) in [5.74, 6) is 1.93. The van der Waals surface area contributed by atoms with Crippen LogP contribution in [0.25, 0.3) is 0 Å². The Hall–Kier alpha value is -2.18. The predicted molar refractivity (Wildman–Crippen MR) is 93.2 cm³/mol. The van der Waals surface area contributed by atoms with Crippen LogP contribution in [-0.2, 0) is 17.8 Å². The normalized spacial score (nSPS) is 15.7. The van der Waals surface area contributed by atoms with Crippen LogP contribution in [0.2, 0.25) is 0 Å². The lowest BCUT2D eigenvalue weighted by molar-refractivity contribution is -0.133. The minimum absolute atomic E-state index is 0.124. The quantitative estimate of drug-likeness (QED) is 0.804. The number of likely N-dealkylation sites (tertiary alicyclic amines) is 1. The van der Waals surface area contributed by atoms with Crippen molar-refractivity contribution in [2.24, 2.45) is 0 Å². The van der Waals surface area contributed by atoms with E-state index in [0.717, 1.165) is 68.3 Å². The zero-order chi connectivity index (χ0) is 17.8. The molecule has 0 spiro atoms. The number of piperidine rings is 1. The van der Waals surface area contributed by atoms with E-state index in [1.165, 1.54) is 0 Å². The van der Waals surface area contributed by atoms with Crippen LogP contribution in [0.5, 0.6) is 0 Å². The van der Waals surface area contributed by atoms with E-state index >= 15 is 0 Å². The average Bonchev–Trinajstić information content (AvgIpc) is 3.19. The maximum absolute atomic E-state index is 12.5. The lowest BCUT2D eigenvalue weighted by Crippen LogP contribution is -2.40. The monoisotopic (exact) mass is 345 g/mol. The first-order valence-corrected chi connectivity index (χ1v) is 9.18. The van der Waals surface area contributed by atoms with Gasteiger partial charge in [-0.25, -0.2) is 0 Å². The molecular weight excluding hydrogens is 318 g/mol. The molecule has 0 saturated carbocycles. The molecule has 7 heteroatoms. The van der Waals surface area contributed by atoms with Gasteiger partial charge in [-0.15, -0.1) is 0 Å². The number of carbonyl (C=O) groups is 1. The van der Waals surface area contributed by atoms with E-state index in [1.807, 2.05) is 24.8 Å². The van der Waals surface area contributed by atoms with Crippen molar-refractivity contribution < 1.29 is 9.32 Å². The minimum Gasteiger partial charge on any atom is -0.341 e. The molecule has 136 valence electrons. The highest BCUT2D eigenvalue weighted by molar-refractivity contribution is 5.76. The highest BCUT2D eigenvalue weighted by atomic mass is 16.5. The Labute approximate surface area is 148 Å². The Morgan fingerprint density at radius 2 is 2.08 bits per heavy atom. The van der Waals surface area contributed by atoms with Crippen molar-refractivity contribution in [3.63, 3.8) is 0 Å². The molecule has 1 aliphatic rings. The second-order valence-corrected chi connectivity index (χ2v) is 6.89. The van der Waals surface area contributed by atoms with Gasteiger partial charge in [-0.05, 0) is 39.2 Å². The Morgan fingerprint density at radius 1 is 1.32 bits per heavy atom. The van der Waals surface area contributed by atoms with Crippen molar-refractivity contribution in [2.75, 3.05) is 13.1 Å². The standard InChI is InChI=1S/C18H27N5O2/c1-4-5-6-16-19-18(25-21-16)15-7-9-22(10-8-15)17(24)12-23-14(3)11-13(2)20-23/h11,15H,4-10,12H2,1-3H3. The number of aryl methyl sites for hydroxylation is 3. The second kappa shape index (κ2) is 7.80. The third kappa shape index (κ3) is 4.27. The summed E-state index contributed by atoms with van der Waals surface area (Å²) in [7, 11) is 0. The molecule has 0 atom stereocenters. The van der Waals surface area contributed by atoms with Gasteiger partial charge in [-0.3, -0.25) is 9.48 Å². The smallest absolute Gasteiger partial charge is 0.244 e. The fourth-order valence-corrected chi connectivity index (χ4v) is 3.31. The van der Waals surface area contributed by atoms with Crippen molar-refractivity contribution in [1.82, 2.24) is 24.8 Å². The van der Waals surface area contributed by atoms with Gasteiger partial charge in [0.15, 0.2) is 5.82 Å². The van der Waals surface area contributed by atoms with Crippen LogP contribution in [0.15, 0.2) is 10.6 Å². The number of aromatic nitrogens is 4. The highest BCUT2D eigenvalue weighted by Crippen LogP contribution is 2.27. The van der Waals surface area contributed by atoms with E-state index in [9.17, 15) is 4.79 Å². The maximum Gasteiger partial charge on any atom is 0.244 e. The van der Waals surface area contributed by atoms with Gasteiger partial charge in [0, 0.05) is 31.1 Å². The van der Waals surface area contributed by atoms with Crippen molar-refractivity contribution in [1.29, 1.82) is 0 Å². The molecule has 0 N–H and O–H groups in total. The molecular formula is C18H27N5O2. The third-order valence-corrected chi connectivity index (χ3v) is 4.82. The molecule has 0 unspecified atom stereocenters. The topological polar surface area (TPSA) is 77.0 Å². The van der Waals surface area contributed by atoms with Crippen LogP contribution in [-0.4, -0.2) is 43.8 Å². The summed E-state index contributed by atoms with van der Waals surface area (Å²) in [6, 6.07) is 1.99. The molecule has 0 aromatic carbocycles. The maximum atomic E-state index is 12.5. The molecule has 1 aliphatic heterocycles. The number of amides is 1. The minimum atomic E-state index is 0.124. The van der Waals surface area contributed by atoms with E-state index in [2.05, 4.69) is 22.2 Å². The van der Waals surface area contributed by atoms with Gasteiger partial charge in [0.25, 0.3) is 0 Å². The molecule has 0 bridgehead atoms. The Morgan fingerprint density at radius 3 is 2.72 bits per heavy atom. The van der Waals surface area contributed by atoms with E-state index in [1.54, 1.807) is 4.68 Å². The molecule has 3 rings (SSSR count). The largest absolute Gasteiger partial charge is 0.341 e. The lowest BCUT2D eigenvalue weighted by Gasteiger charge is -2.30. The summed E-state index contributed by atoms with van der Waals surface area (Å²) in [6.07, 6.45) is 4.83. The molecule has 0 aliphatic carbocycles. The number of hydrogen-bond acceptors (Lipinski definition) is 5. The molecule has 25 heavy (non-hydrogen) atoms. The zero-order valence-electron chi connectivity index (χ0n) is 15.4. The van der Waals surface area contributed by atoms with Crippen molar-refractivity contribution >= 4 is 5.91 Å². The average molecular weight is 345 g/mol. The summed E-state index contributed by atoms with van der Waals surface area (Å²) in [5.41, 5.74) is 1.96. The summed E-state index contributed by atoms with van der Waals surface area (Å²) in [4.78, 5) is 19.0. The second-order valence-electron chi connectivity index (χ2n) is 6.89. The van der Waals surface area contributed by atoms with Gasteiger partial charge in [0.05, 0.1) is 5.69 Å². The number of unbranched alkanes of at least 4 members (excludes halogenated alkanes) is 1. The van der Waals surface area contributed by atoms with E-state index < -0.39 is 0 Å². The zero-order valence-corrected chi connectivity index (χ0v) is 15.4. The summed E-state index contributed by atoms with van der Waals surface area (Å²) < 4.78 is 7.21. The fraction of sp³-hybridized carbons (Fsp3) is 0.667. The molecule has 7 nitrogen and oxygen atoms in total. The number of rotatable bonds is 6. The Balaban J connectivity index is 1.52. The Kier molecular flexibility index (Phi) is 5.50. The highest BCUT2D eigenvalue weighted by Gasteiger charge is 2.27. The number of carbonyl (C=O) groups excluding carboxylic acids is 1. The third-order valence-electron chi connectivity index (χ3n) is 4.82. The van der Waals surface area contributed by atoms with Crippen molar-refractivity contribution in [3.05, 3.63) is 29.2 Å². The van der Waals surface area contributed by atoms with Gasteiger partial charge in [0.1, 0.15) is 6.54 Å². The Bertz CT molecular complexity index is 713. The van der Waals surface area contributed by atoms with Crippen LogP contribution in [0, 0.1) is 13.8 Å². The molecule has 2 aromatic heterocycles. The lowest BCUT2D eigenvalue weighted by atomic mass is 9.96. The van der Waals surface area contributed by atoms with E-state index in [-0.39, 0.29) is 11.8 Å². The van der Waals surface area contributed by atoms with Crippen molar-refractivity contribution in [2.45, 2.75) is 65.3 Å². The van der Waals surface area contributed by atoms with E-state index in [0.29, 0.717) is 6.54 Å². The summed E-state index contributed by atoms with van der Waals surface area (Å²) in [5, 5.41) is 8.44. The predicted octanol–water partition coefficient (Wildman–Crippen LogP) is 2.63. The van der Waals surface area contributed by atoms with Gasteiger partial charge in [-0.2, -0.15) is 10.1 Å². The molecule has 3 heterocycles.